The van der Waals surface area contributed by atoms with Crippen LogP contribution in [-0.2, 0) is 10.0 Å². The molecule has 1 aromatic carbocycles. The summed E-state index contributed by atoms with van der Waals surface area (Å²) in [6, 6.07) is 1.45. The van der Waals surface area contributed by atoms with Crippen molar-refractivity contribution in [2.24, 2.45) is 5.14 Å². The molecule has 0 saturated carbocycles. The van der Waals surface area contributed by atoms with E-state index in [1.54, 1.807) is 0 Å². The van der Waals surface area contributed by atoms with Gasteiger partial charge in [0.15, 0.2) is 11.6 Å². The third-order valence-corrected chi connectivity index (χ3v) is 3.96. The maximum atomic E-state index is 13.4. The van der Waals surface area contributed by atoms with E-state index in [0.29, 0.717) is 17.8 Å². The number of nitro groups is 1. The Labute approximate surface area is 105 Å². The average molecular weight is 298 g/mol. The number of nitro benzene ring substituents is 1. The molecular weight excluding hydrogens is 290 g/mol. The first-order valence-corrected chi connectivity index (χ1v) is 7.18. The number of rotatable bonds is 5. The minimum atomic E-state index is -3.76. The zero-order valence-electron chi connectivity index (χ0n) is 8.80. The van der Waals surface area contributed by atoms with Gasteiger partial charge in [0, 0.05) is 11.8 Å². The summed E-state index contributed by atoms with van der Waals surface area (Å²) >= 11 is 0.527. The van der Waals surface area contributed by atoms with E-state index in [-0.39, 0.29) is 5.75 Å². The lowest BCUT2D eigenvalue weighted by atomic mass is 10.3. The highest BCUT2D eigenvalue weighted by molar-refractivity contribution is 8.00. The highest BCUT2D eigenvalue weighted by Gasteiger charge is 2.22. The van der Waals surface area contributed by atoms with E-state index in [1.165, 1.54) is 0 Å². The van der Waals surface area contributed by atoms with Crippen LogP contribution in [0.25, 0.3) is 0 Å². The van der Waals surface area contributed by atoms with Gasteiger partial charge in [0.1, 0.15) is 4.90 Å². The first-order valence-electron chi connectivity index (χ1n) is 4.48. The molecule has 10 heteroatoms. The average Bonchev–Trinajstić information content (AvgIpc) is 2.22. The number of benzene rings is 1. The van der Waals surface area contributed by atoms with Crippen molar-refractivity contribution >= 4 is 27.5 Å². The molecule has 0 aliphatic heterocycles. The molecule has 6 nitrogen and oxygen atoms in total. The molecule has 1 aromatic rings. The predicted molar refractivity (Wildman–Crippen MR) is 61.7 cm³/mol. The highest BCUT2D eigenvalue weighted by atomic mass is 32.2. The predicted octanol–water partition coefficient (Wildman–Crippen LogP) is 1.25. The van der Waals surface area contributed by atoms with Gasteiger partial charge in [0.25, 0.3) is 5.69 Å². The number of nitrogens with two attached hydrogens (primary N) is 1. The summed E-state index contributed by atoms with van der Waals surface area (Å²) in [5.74, 6) is -3.31. The minimum Gasteiger partial charge on any atom is -0.258 e. The lowest BCUT2D eigenvalue weighted by Crippen LogP contribution is -2.17. The standard InChI is InChI=1S/C8H8F2N2O4S2/c9-5-1-2-6(12(13)14)8(7(5)10)17-3-4-18(11,15)16/h1-2H,3-4H2,(H2,11,15,16). The first-order chi connectivity index (χ1) is 8.22. The van der Waals surface area contributed by atoms with Crippen LogP contribution in [0.15, 0.2) is 17.0 Å². The third kappa shape index (κ3) is 3.89. The fourth-order valence-electron chi connectivity index (χ4n) is 1.06. The summed E-state index contributed by atoms with van der Waals surface area (Å²) in [7, 11) is -3.76. The molecule has 0 bridgehead atoms. The van der Waals surface area contributed by atoms with Crippen LogP contribution in [0.3, 0.4) is 0 Å². The Bertz CT molecular complexity index is 577. The molecular formula is C8H8F2N2O4S2. The molecule has 0 heterocycles. The SMILES string of the molecule is NS(=O)(=O)CCSc1c([N+](=O)[O-])ccc(F)c1F. The minimum absolute atomic E-state index is 0.208. The van der Waals surface area contributed by atoms with E-state index in [1.807, 2.05) is 0 Å². The van der Waals surface area contributed by atoms with Crippen molar-refractivity contribution in [2.45, 2.75) is 4.90 Å². The fraction of sp³-hybridized carbons (Fsp3) is 0.250. The van der Waals surface area contributed by atoms with Crippen molar-refractivity contribution in [2.75, 3.05) is 11.5 Å². The van der Waals surface area contributed by atoms with E-state index < -0.39 is 42.9 Å². The van der Waals surface area contributed by atoms with Gasteiger partial charge in [-0.3, -0.25) is 10.1 Å². The number of thioether (sulfide) groups is 1. The number of primary sulfonamides is 1. The van der Waals surface area contributed by atoms with Gasteiger partial charge in [-0.15, -0.1) is 11.8 Å². The number of nitrogens with zero attached hydrogens (tertiary/aromatic N) is 1. The van der Waals surface area contributed by atoms with Crippen LogP contribution in [0.1, 0.15) is 0 Å². The smallest absolute Gasteiger partial charge is 0.258 e. The third-order valence-electron chi connectivity index (χ3n) is 1.84. The lowest BCUT2D eigenvalue weighted by molar-refractivity contribution is -0.388. The molecule has 0 aromatic heterocycles. The summed E-state index contributed by atoms with van der Waals surface area (Å²) in [6.45, 7) is 0. The second kappa shape index (κ2) is 5.59. The van der Waals surface area contributed by atoms with Gasteiger partial charge < -0.3 is 0 Å². The van der Waals surface area contributed by atoms with Gasteiger partial charge >= 0.3 is 0 Å². The van der Waals surface area contributed by atoms with Crippen LogP contribution < -0.4 is 5.14 Å². The van der Waals surface area contributed by atoms with Crippen LogP contribution in [-0.4, -0.2) is 24.8 Å². The van der Waals surface area contributed by atoms with Crippen molar-refractivity contribution in [3.63, 3.8) is 0 Å². The number of halogens is 2. The second-order valence-electron chi connectivity index (χ2n) is 3.18. The lowest BCUT2D eigenvalue weighted by Gasteiger charge is -2.04. The molecule has 0 fully saturated rings. The molecule has 100 valence electrons. The van der Waals surface area contributed by atoms with Gasteiger partial charge in [0.05, 0.1) is 10.7 Å². The topological polar surface area (TPSA) is 103 Å². The van der Waals surface area contributed by atoms with Gasteiger partial charge in [0.2, 0.25) is 10.0 Å². The van der Waals surface area contributed by atoms with E-state index in [9.17, 15) is 27.3 Å². The van der Waals surface area contributed by atoms with Crippen LogP contribution in [0.5, 0.6) is 0 Å². The van der Waals surface area contributed by atoms with Crippen LogP contribution >= 0.6 is 11.8 Å². The first kappa shape index (κ1) is 14.8. The van der Waals surface area contributed by atoms with E-state index in [0.717, 1.165) is 6.07 Å². The molecule has 0 amide bonds. The molecule has 1 rings (SSSR count). The zero-order chi connectivity index (χ0) is 13.9. The summed E-state index contributed by atoms with van der Waals surface area (Å²) in [4.78, 5) is 9.19. The normalized spacial score (nSPS) is 11.5. The Kier molecular flexibility index (Phi) is 4.59. The summed E-state index contributed by atoms with van der Waals surface area (Å²) in [5, 5.41) is 15.3. The highest BCUT2D eigenvalue weighted by Crippen LogP contribution is 2.32. The molecule has 0 unspecified atom stereocenters. The van der Waals surface area contributed by atoms with Crippen molar-refractivity contribution < 1.29 is 22.1 Å². The molecule has 2 N–H and O–H groups in total. The van der Waals surface area contributed by atoms with E-state index in [4.69, 9.17) is 5.14 Å². The van der Waals surface area contributed by atoms with Crippen molar-refractivity contribution in [1.82, 2.24) is 0 Å². The van der Waals surface area contributed by atoms with Crippen LogP contribution in [0, 0.1) is 21.7 Å². The van der Waals surface area contributed by atoms with Crippen molar-refractivity contribution in [3.8, 4) is 0 Å². The maximum Gasteiger partial charge on any atom is 0.286 e. The van der Waals surface area contributed by atoms with Crippen LogP contribution in [0.4, 0.5) is 14.5 Å². The second-order valence-corrected chi connectivity index (χ2v) is 6.02. The molecule has 0 aliphatic rings. The van der Waals surface area contributed by atoms with E-state index >= 15 is 0 Å². The Morgan fingerprint density at radius 2 is 2.00 bits per heavy atom. The largest absolute Gasteiger partial charge is 0.286 e. The van der Waals surface area contributed by atoms with E-state index in [2.05, 4.69) is 0 Å². The van der Waals surface area contributed by atoms with Crippen LogP contribution in [0.2, 0.25) is 0 Å². The Hall–Kier alpha value is -1.26. The summed E-state index contributed by atoms with van der Waals surface area (Å²) < 4.78 is 47.6. The van der Waals surface area contributed by atoms with Gasteiger partial charge in [-0.2, -0.15) is 0 Å². The monoisotopic (exact) mass is 298 g/mol. The Morgan fingerprint density at radius 1 is 1.39 bits per heavy atom. The van der Waals surface area contributed by atoms with Gasteiger partial charge in [-0.05, 0) is 6.07 Å². The van der Waals surface area contributed by atoms with Crippen molar-refractivity contribution in [1.29, 1.82) is 0 Å². The Balaban J connectivity index is 2.99. The fourth-order valence-corrected chi connectivity index (χ4v) is 3.04. The maximum absolute atomic E-state index is 13.4. The molecule has 0 aliphatic carbocycles. The zero-order valence-corrected chi connectivity index (χ0v) is 10.4. The molecule has 0 spiro atoms. The molecule has 0 radical (unpaired) electrons. The Morgan fingerprint density at radius 3 is 2.50 bits per heavy atom. The number of hydrogen-bond acceptors (Lipinski definition) is 5. The van der Waals surface area contributed by atoms with Crippen molar-refractivity contribution in [3.05, 3.63) is 33.9 Å². The van der Waals surface area contributed by atoms with Gasteiger partial charge in [-0.25, -0.2) is 22.3 Å². The number of hydrogen-bond donors (Lipinski definition) is 1. The number of sulfonamides is 1. The summed E-state index contributed by atoms with van der Waals surface area (Å²) in [5.41, 5.74) is -0.617. The molecule has 18 heavy (non-hydrogen) atoms. The molecule has 0 atom stereocenters. The van der Waals surface area contributed by atoms with Gasteiger partial charge in [-0.1, -0.05) is 0 Å². The summed E-state index contributed by atoms with van der Waals surface area (Å²) in [6.07, 6.45) is 0. The molecule has 0 saturated heterocycles. The quantitative estimate of drug-likeness (QED) is 0.500.